The van der Waals surface area contributed by atoms with Crippen LogP contribution in [0.4, 0.5) is 23.7 Å². The van der Waals surface area contributed by atoms with Crippen LogP contribution in [0.25, 0.3) is 0 Å². The first-order valence-corrected chi connectivity index (χ1v) is 7.95. The van der Waals surface area contributed by atoms with E-state index in [2.05, 4.69) is 15.4 Å². The summed E-state index contributed by atoms with van der Waals surface area (Å²) < 4.78 is 39.9. The van der Waals surface area contributed by atoms with E-state index in [-0.39, 0.29) is 18.5 Å². The lowest BCUT2D eigenvalue weighted by Crippen LogP contribution is -2.43. The highest BCUT2D eigenvalue weighted by Gasteiger charge is 2.31. The third kappa shape index (κ3) is 9.92. The lowest BCUT2D eigenvalue weighted by Gasteiger charge is -2.15. The van der Waals surface area contributed by atoms with Crippen LogP contribution in [0.2, 0.25) is 0 Å². The molecule has 8 nitrogen and oxygen atoms in total. The number of aliphatic carboxylic acids is 2. The number of alkyl halides is 3. The molecule has 0 aliphatic rings. The van der Waals surface area contributed by atoms with Gasteiger partial charge in [-0.2, -0.15) is 0 Å². The minimum absolute atomic E-state index is 0.0142. The Labute approximate surface area is 152 Å². The van der Waals surface area contributed by atoms with E-state index in [1.807, 2.05) is 0 Å². The van der Waals surface area contributed by atoms with Crippen LogP contribution in [0.1, 0.15) is 32.1 Å². The minimum atomic E-state index is -4.83. The van der Waals surface area contributed by atoms with Crippen molar-refractivity contribution in [3.63, 3.8) is 0 Å². The number of unbranched alkanes of at least 4 members (excludes halogenated alkanes) is 2. The number of hydrogen-bond donors (Lipinski definition) is 4. The van der Waals surface area contributed by atoms with Gasteiger partial charge in [0.2, 0.25) is 0 Å². The zero-order valence-corrected chi connectivity index (χ0v) is 14.1. The molecule has 0 aliphatic carbocycles. The van der Waals surface area contributed by atoms with Gasteiger partial charge in [0.05, 0.1) is 0 Å². The molecule has 27 heavy (non-hydrogen) atoms. The molecule has 11 heteroatoms. The van der Waals surface area contributed by atoms with Gasteiger partial charge in [0, 0.05) is 12.1 Å². The van der Waals surface area contributed by atoms with Crippen LogP contribution in [-0.4, -0.2) is 40.6 Å². The number of carbonyl (C=O) groups excluding carboxylic acids is 1. The lowest BCUT2D eigenvalue weighted by atomic mass is 10.1. The topological polar surface area (TPSA) is 125 Å². The van der Waals surface area contributed by atoms with Crippen molar-refractivity contribution in [1.29, 1.82) is 0 Å². The molecule has 0 fully saturated rings. The Balaban J connectivity index is 2.47. The van der Waals surface area contributed by atoms with Gasteiger partial charge >= 0.3 is 24.3 Å². The molecule has 0 bridgehead atoms. The van der Waals surface area contributed by atoms with Crippen molar-refractivity contribution in [2.75, 3.05) is 5.32 Å². The fraction of sp³-hybridized carbons (Fsp3) is 0.438. The normalized spacial score (nSPS) is 12.1. The van der Waals surface area contributed by atoms with E-state index in [1.54, 1.807) is 0 Å². The molecule has 2 amide bonds. The predicted molar refractivity (Wildman–Crippen MR) is 87.4 cm³/mol. The van der Waals surface area contributed by atoms with E-state index < -0.39 is 36.1 Å². The third-order valence-corrected chi connectivity index (χ3v) is 3.33. The number of halogens is 3. The number of anilines is 1. The summed E-state index contributed by atoms with van der Waals surface area (Å²) in [5, 5.41) is 22.2. The molecule has 0 saturated heterocycles. The second kappa shape index (κ2) is 10.2. The summed E-state index contributed by atoms with van der Waals surface area (Å²) in [7, 11) is 0. The molecule has 0 heterocycles. The van der Waals surface area contributed by atoms with E-state index in [1.165, 1.54) is 12.1 Å². The van der Waals surface area contributed by atoms with Crippen molar-refractivity contribution in [3.8, 4) is 5.75 Å². The van der Waals surface area contributed by atoms with Crippen LogP contribution in [-0.2, 0) is 9.59 Å². The molecule has 0 saturated carbocycles. The molecular formula is C16H19F3N2O6. The number of carboxylic acid groups (broad SMARTS) is 2. The lowest BCUT2D eigenvalue weighted by molar-refractivity contribution is -0.274. The second-order valence-corrected chi connectivity index (χ2v) is 5.55. The third-order valence-electron chi connectivity index (χ3n) is 3.33. The van der Waals surface area contributed by atoms with Crippen LogP contribution in [0.3, 0.4) is 0 Å². The van der Waals surface area contributed by atoms with Crippen molar-refractivity contribution in [2.45, 2.75) is 44.5 Å². The van der Waals surface area contributed by atoms with Crippen LogP contribution in [0, 0.1) is 0 Å². The van der Waals surface area contributed by atoms with Crippen molar-refractivity contribution in [1.82, 2.24) is 5.32 Å². The molecule has 0 spiro atoms. The van der Waals surface area contributed by atoms with E-state index in [4.69, 9.17) is 10.2 Å². The quantitative estimate of drug-likeness (QED) is 0.453. The van der Waals surface area contributed by atoms with Gasteiger partial charge < -0.3 is 25.6 Å². The summed E-state index contributed by atoms with van der Waals surface area (Å²) in [5.74, 6) is -2.65. The number of rotatable bonds is 10. The van der Waals surface area contributed by atoms with Crippen LogP contribution < -0.4 is 15.4 Å². The van der Waals surface area contributed by atoms with Crippen LogP contribution in [0.5, 0.6) is 5.75 Å². The summed E-state index contributed by atoms with van der Waals surface area (Å²) in [6, 6.07) is 2.32. The standard InChI is InChI=1S/C16H19F3N2O6/c17-16(18,19)27-11-8-6-10(7-9-11)20-15(26)21-12(14(24)25)4-2-1-3-5-13(22)23/h6-9,12H,1-5H2,(H,22,23)(H,24,25)(H2,20,21,26)/t12-/m0/s1. The van der Waals surface area contributed by atoms with E-state index in [0.29, 0.717) is 19.3 Å². The van der Waals surface area contributed by atoms with Gasteiger partial charge in [-0.1, -0.05) is 12.8 Å². The minimum Gasteiger partial charge on any atom is -0.481 e. The molecule has 1 aromatic rings. The van der Waals surface area contributed by atoms with E-state index in [0.717, 1.165) is 12.1 Å². The summed E-state index contributed by atoms with van der Waals surface area (Å²) in [4.78, 5) is 33.4. The monoisotopic (exact) mass is 392 g/mol. The smallest absolute Gasteiger partial charge is 0.481 e. The number of carbonyl (C=O) groups is 3. The first-order chi connectivity index (χ1) is 12.6. The van der Waals surface area contributed by atoms with Crippen molar-refractivity contribution in [3.05, 3.63) is 24.3 Å². The SMILES string of the molecule is O=C(O)CCCCC[C@H](NC(=O)Nc1ccc(OC(F)(F)F)cc1)C(=O)O. The number of ether oxygens (including phenoxy) is 1. The van der Waals surface area contributed by atoms with Crippen LogP contribution >= 0.6 is 0 Å². The number of nitrogens with one attached hydrogen (secondary N) is 2. The fourth-order valence-electron chi connectivity index (χ4n) is 2.12. The number of urea groups is 1. The molecule has 0 unspecified atom stereocenters. The molecule has 1 aromatic carbocycles. The molecule has 0 aliphatic heterocycles. The van der Waals surface area contributed by atoms with Gasteiger partial charge in [-0.15, -0.1) is 13.2 Å². The maximum absolute atomic E-state index is 12.1. The van der Waals surface area contributed by atoms with Crippen molar-refractivity contribution >= 4 is 23.7 Å². The largest absolute Gasteiger partial charge is 0.573 e. The Kier molecular flexibility index (Phi) is 8.36. The zero-order valence-electron chi connectivity index (χ0n) is 14.1. The van der Waals surface area contributed by atoms with Gasteiger partial charge in [0.1, 0.15) is 11.8 Å². The average Bonchev–Trinajstić information content (AvgIpc) is 2.53. The molecule has 1 rings (SSSR count). The molecule has 0 radical (unpaired) electrons. The molecule has 0 aromatic heterocycles. The second-order valence-electron chi connectivity index (χ2n) is 5.55. The maximum atomic E-state index is 12.1. The van der Waals surface area contributed by atoms with Crippen molar-refractivity contribution < 1.29 is 42.5 Å². The van der Waals surface area contributed by atoms with Gasteiger partial charge in [0.25, 0.3) is 0 Å². The highest BCUT2D eigenvalue weighted by atomic mass is 19.4. The number of benzene rings is 1. The van der Waals surface area contributed by atoms with Crippen LogP contribution in [0.15, 0.2) is 24.3 Å². The molecule has 4 N–H and O–H groups in total. The first-order valence-electron chi connectivity index (χ1n) is 7.95. The zero-order chi connectivity index (χ0) is 20.4. The summed E-state index contributed by atoms with van der Waals surface area (Å²) >= 11 is 0. The number of amides is 2. The fourth-order valence-corrected chi connectivity index (χ4v) is 2.12. The molecule has 1 atom stereocenters. The van der Waals surface area contributed by atoms with Gasteiger partial charge in [-0.25, -0.2) is 9.59 Å². The first kappa shape index (κ1) is 22.1. The Bertz CT molecular complexity index is 649. The average molecular weight is 392 g/mol. The summed E-state index contributed by atoms with van der Waals surface area (Å²) in [6.07, 6.45) is -3.42. The number of hydrogen-bond acceptors (Lipinski definition) is 4. The van der Waals surface area contributed by atoms with E-state index >= 15 is 0 Å². The van der Waals surface area contributed by atoms with Gasteiger partial charge in [0.15, 0.2) is 0 Å². The Morgan fingerprint density at radius 3 is 2.19 bits per heavy atom. The predicted octanol–water partition coefficient (Wildman–Crippen LogP) is 3.20. The maximum Gasteiger partial charge on any atom is 0.573 e. The highest BCUT2D eigenvalue weighted by molar-refractivity contribution is 5.92. The number of carboxylic acids is 2. The summed E-state index contributed by atoms with van der Waals surface area (Å²) in [5.41, 5.74) is 0.146. The van der Waals surface area contributed by atoms with E-state index in [9.17, 15) is 27.6 Å². The van der Waals surface area contributed by atoms with Gasteiger partial charge in [-0.05, 0) is 37.1 Å². The highest BCUT2D eigenvalue weighted by Crippen LogP contribution is 2.23. The molecule has 150 valence electrons. The van der Waals surface area contributed by atoms with Gasteiger partial charge in [-0.3, -0.25) is 4.79 Å². The Hall–Kier alpha value is -2.98. The Morgan fingerprint density at radius 1 is 1.04 bits per heavy atom. The van der Waals surface area contributed by atoms with Crippen molar-refractivity contribution in [2.24, 2.45) is 0 Å². The summed E-state index contributed by atoms with van der Waals surface area (Å²) in [6.45, 7) is 0. The Morgan fingerprint density at radius 2 is 1.67 bits per heavy atom. The molecular weight excluding hydrogens is 373 g/mol.